The van der Waals surface area contributed by atoms with Crippen LogP contribution in [0.15, 0.2) is 23.7 Å². The van der Waals surface area contributed by atoms with Crippen molar-refractivity contribution in [1.82, 2.24) is 9.71 Å². The van der Waals surface area contributed by atoms with Gasteiger partial charge < -0.3 is 0 Å². The average Bonchev–Trinajstić information content (AvgIpc) is 2.83. The first-order chi connectivity index (χ1) is 9.77. The van der Waals surface area contributed by atoms with Gasteiger partial charge in [0.15, 0.2) is 0 Å². The first-order valence-corrected chi connectivity index (χ1v) is 8.43. The zero-order valence-electron chi connectivity index (χ0n) is 12.0. The fourth-order valence-corrected chi connectivity index (χ4v) is 3.24. The Hall–Kier alpha value is -1.38. The number of nitrogens with one attached hydrogen (secondary N) is 1. The molecule has 2 rings (SSSR count). The smallest absolute Gasteiger partial charge is 0.224 e. The number of rotatable bonds is 5. The van der Waals surface area contributed by atoms with Crippen molar-refractivity contribution in [2.75, 3.05) is 6.54 Å². The zero-order chi connectivity index (χ0) is 15.6. The number of thiazole rings is 1. The molecule has 6 nitrogen and oxygen atoms in total. The fraction of sp³-hybridized carbons (Fsp3) is 0.462. The van der Waals surface area contributed by atoms with E-state index in [0.717, 1.165) is 15.8 Å². The second kappa shape index (κ2) is 6.17. The minimum absolute atomic E-state index is 0.322. The summed E-state index contributed by atoms with van der Waals surface area (Å²) in [6, 6.07) is 4.91. The summed E-state index contributed by atoms with van der Waals surface area (Å²) < 4.78 is 15.6. The maximum Gasteiger partial charge on any atom is 0.224 e. The van der Waals surface area contributed by atoms with Crippen LogP contribution in [0.4, 0.5) is 0 Å². The highest BCUT2D eigenvalue weighted by molar-refractivity contribution is 7.84. The summed E-state index contributed by atoms with van der Waals surface area (Å²) in [5.74, 6) is 0. The number of fused-ring (bicyclic) bond motifs is 1. The molecule has 8 heteroatoms. The Balaban J connectivity index is 2.30. The van der Waals surface area contributed by atoms with Gasteiger partial charge in [-0.3, -0.25) is 10.1 Å². The van der Waals surface area contributed by atoms with Gasteiger partial charge in [0.05, 0.1) is 31.5 Å². The van der Waals surface area contributed by atoms with E-state index in [9.17, 15) is 14.3 Å². The van der Waals surface area contributed by atoms with Gasteiger partial charge in [0, 0.05) is 4.92 Å². The van der Waals surface area contributed by atoms with Gasteiger partial charge in [-0.05, 0) is 38.5 Å². The molecule has 0 saturated heterocycles. The van der Waals surface area contributed by atoms with E-state index in [0.29, 0.717) is 0 Å². The Bertz CT molecular complexity index is 679. The molecule has 21 heavy (non-hydrogen) atoms. The first kappa shape index (κ1) is 16.0. The van der Waals surface area contributed by atoms with Gasteiger partial charge in [0.1, 0.15) is 6.04 Å². The Morgan fingerprint density at radius 3 is 2.81 bits per heavy atom. The molecule has 0 aliphatic rings. The Labute approximate surface area is 129 Å². The van der Waals surface area contributed by atoms with Crippen LogP contribution >= 0.6 is 11.3 Å². The molecule has 2 aromatic rings. The van der Waals surface area contributed by atoms with Gasteiger partial charge in [-0.25, -0.2) is 13.9 Å². The summed E-state index contributed by atoms with van der Waals surface area (Å²) in [4.78, 5) is 14.7. The molecule has 2 atom stereocenters. The van der Waals surface area contributed by atoms with E-state index in [1.165, 1.54) is 11.3 Å². The van der Waals surface area contributed by atoms with Gasteiger partial charge in [-0.1, -0.05) is 6.07 Å². The molecule has 0 amide bonds. The summed E-state index contributed by atoms with van der Waals surface area (Å²) in [5, 5.41) is 10.9. The summed E-state index contributed by atoms with van der Waals surface area (Å²) in [6.07, 6.45) is 0. The summed E-state index contributed by atoms with van der Waals surface area (Å²) >= 11 is 1.51. The topological polar surface area (TPSA) is 85.1 Å². The number of nitro groups is 1. The number of benzene rings is 1. The maximum absolute atomic E-state index is 12.2. The van der Waals surface area contributed by atoms with Crippen LogP contribution in [0.1, 0.15) is 32.4 Å². The molecule has 1 heterocycles. The van der Waals surface area contributed by atoms with Crippen LogP contribution in [0.2, 0.25) is 0 Å². The van der Waals surface area contributed by atoms with Crippen LogP contribution in [0.25, 0.3) is 10.2 Å². The van der Waals surface area contributed by atoms with Gasteiger partial charge in [0.25, 0.3) is 0 Å². The average molecular weight is 327 g/mol. The van der Waals surface area contributed by atoms with Gasteiger partial charge >= 0.3 is 0 Å². The SMILES string of the molecule is CC(C)(C)[S@](=O)N[C@H](C[N+](=O)[O-])c1ccc2scnc2c1. The Morgan fingerprint density at radius 1 is 1.48 bits per heavy atom. The van der Waals surface area contributed by atoms with Crippen molar-refractivity contribution in [1.29, 1.82) is 0 Å². The molecule has 114 valence electrons. The summed E-state index contributed by atoms with van der Waals surface area (Å²) in [5.41, 5.74) is 3.26. The highest BCUT2D eigenvalue weighted by atomic mass is 32.2. The van der Waals surface area contributed by atoms with E-state index >= 15 is 0 Å². The molecule has 0 aliphatic carbocycles. The van der Waals surface area contributed by atoms with Crippen molar-refractivity contribution in [3.8, 4) is 0 Å². The van der Waals surface area contributed by atoms with E-state index in [1.807, 2.05) is 39.0 Å². The minimum atomic E-state index is -1.38. The van der Waals surface area contributed by atoms with E-state index < -0.39 is 26.7 Å². The fourth-order valence-electron chi connectivity index (χ4n) is 1.76. The lowest BCUT2D eigenvalue weighted by Crippen LogP contribution is -2.38. The Morgan fingerprint density at radius 2 is 2.19 bits per heavy atom. The summed E-state index contributed by atoms with van der Waals surface area (Å²) in [6.45, 7) is 5.15. The molecule has 0 unspecified atom stereocenters. The van der Waals surface area contributed by atoms with Crippen molar-refractivity contribution < 1.29 is 9.13 Å². The molecule has 0 aliphatic heterocycles. The molecule has 0 saturated carbocycles. The van der Waals surface area contributed by atoms with Gasteiger partial charge in [0.2, 0.25) is 6.54 Å². The predicted octanol–water partition coefficient (Wildman–Crippen LogP) is 2.67. The third-order valence-electron chi connectivity index (χ3n) is 2.89. The second-order valence-corrected chi connectivity index (χ2v) is 8.53. The normalized spacial score (nSPS) is 15.0. The third-order valence-corrected chi connectivity index (χ3v) is 5.31. The van der Waals surface area contributed by atoms with Crippen molar-refractivity contribution in [3.05, 3.63) is 39.4 Å². The molecule has 0 fully saturated rings. The van der Waals surface area contributed by atoms with E-state index in [1.54, 1.807) is 5.51 Å². The molecule has 0 radical (unpaired) electrons. The highest BCUT2D eigenvalue weighted by Crippen LogP contribution is 2.24. The molecule has 0 bridgehead atoms. The highest BCUT2D eigenvalue weighted by Gasteiger charge is 2.26. The van der Waals surface area contributed by atoms with Crippen molar-refractivity contribution >= 4 is 32.5 Å². The molecule has 1 aromatic carbocycles. The zero-order valence-corrected chi connectivity index (χ0v) is 13.7. The lowest BCUT2D eigenvalue weighted by atomic mass is 10.1. The molecule has 0 spiro atoms. The standard InChI is InChI=1S/C13H17N3O3S2/c1-13(2,3)21(19)15-11(7-16(17)18)9-4-5-12-10(6-9)14-8-20-12/h4-6,8,11,15H,7H2,1-3H3/t11-,21+/m1/s1. The maximum atomic E-state index is 12.2. The second-order valence-electron chi connectivity index (χ2n) is 5.65. The first-order valence-electron chi connectivity index (χ1n) is 6.40. The molecular weight excluding hydrogens is 310 g/mol. The third kappa shape index (κ3) is 4.05. The molecule has 1 aromatic heterocycles. The van der Waals surface area contributed by atoms with Crippen LogP contribution in [0.5, 0.6) is 0 Å². The lowest BCUT2D eigenvalue weighted by molar-refractivity contribution is -0.483. The van der Waals surface area contributed by atoms with E-state index in [2.05, 4.69) is 9.71 Å². The number of nitrogens with zero attached hydrogens (tertiary/aromatic N) is 2. The van der Waals surface area contributed by atoms with Crippen molar-refractivity contribution in [3.63, 3.8) is 0 Å². The van der Waals surface area contributed by atoms with E-state index in [-0.39, 0.29) is 6.54 Å². The van der Waals surface area contributed by atoms with Gasteiger partial charge in [-0.15, -0.1) is 11.3 Å². The van der Waals surface area contributed by atoms with E-state index in [4.69, 9.17) is 0 Å². The van der Waals surface area contributed by atoms with Crippen LogP contribution in [-0.4, -0.2) is 25.4 Å². The largest absolute Gasteiger partial charge is 0.264 e. The Kier molecular flexibility index (Phi) is 4.70. The van der Waals surface area contributed by atoms with Crippen molar-refractivity contribution in [2.45, 2.75) is 31.6 Å². The molecule has 1 N–H and O–H groups in total. The molecular formula is C13H17N3O3S2. The van der Waals surface area contributed by atoms with Crippen LogP contribution in [-0.2, 0) is 11.0 Å². The van der Waals surface area contributed by atoms with Crippen LogP contribution in [0, 0.1) is 10.1 Å². The quantitative estimate of drug-likeness (QED) is 0.676. The van der Waals surface area contributed by atoms with Crippen LogP contribution < -0.4 is 4.72 Å². The minimum Gasteiger partial charge on any atom is -0.264 e. The lowest BCUT2D eigenvalue weighted by Gasteiger charge is -2.22. The van der Waals surface area contributed by atoms with Gasteiger partial charge in [-0.2, -0.15) is 0 Å². The monoisotopic (exact) mass is 327 g/mol. The van der Waals surface area contributed by atoms with Crippen molar-refractivity contribution in [2.24, 2.45) is 0 Å². The number of hydrogen-bond donors (Lipinski definition) is 1. The number of hydrogen-bond acceptors (Lipinski definition) is 5. The number of aromatic nitrogens is 1. The summed E-state index contributed by atoms with van der Waals surface area (Å²) in [7, 11) is -1.38. The predicted molar refractivity (Wildman–Crippen MR) is 85.3 cm³/mol. The van der Waals surface area contributed by atoms with Crippen LogP contribution in [0.3, 0.4) is 0 Å².